The molecule has 3 rings (SSSR count). The molecule has 1 aliphatic heterocycles. The number of amides is 1. The quantitative estimate of drug-likeness (QED) is 0.799. The summed E-state index contributed by atoms with van der Waals surface area (Å²) >= 11 is 0. The maximum absolute atomic E-state index is 13.6. The summed E-state index contributed by atoms with van der Waals surface area (Å²) in [6.45, 7) is 0.782. The monoisotopic (exact) mass is 408 g/mol. The van der Waals surface area contributed by atoms with Crippen molar-refractivity contribution in [2.45, 2.75) is 24.2 Å². The van der Waals surface area contributed by atoms with Crippen LogP contribution >= 0.6 is 0 Å². The van der Waals surface area contributed by atoms with E-state index in [1.165, 1.54) is 22.5 Å². The number of carbonyl (C=O) groups is 1. The molecule has 1 aliphatic rings. The summed E-state index contributed by atoms with van der Waals surface area (Å²) < 4.78 is 53.1. The number of sulfonamides is 1. The number of benzene rings is 2. The summed E-state index contributed by atoms with van der Waals surface area (Å²) in [5.74, 6) is -1.21. The van der Waals surface area contributed by atoms with Crippen LogP contribution in [-0.2, 0) is 21.2 Å². The van der Waals surface area contributed by atoms with Gasteiger partial charge in [0.25, 0.3) is 0 Å². The number of rotatable bonds is 6. The molecule has 5 nitrogen and oxygen atoms in total. The first kappa shape index (κ1) is 20.4. The molecule has 2 aromatic carbocycles. The van der Waals surface area contributed by atoms with Crippen LogP contribution in [-0.4, -0.2) is 38.3 Å². The first-order valence-corrected chi connectivity index (χ1v) is 10.6. The summed E-state index contributed by atoms with van der Waals surface area (Å²) in [6.07, 6.45) is 1.22. The van der Waals surface area contributed by atoms with Gasteiger partial charge in [0.1, 0.15) is 11.6 Å². The summed E-state index contributed by atoms with van der Waals surface area (Å²) in [5.41, 5.74) is 0.544. The van der Waals surface area contributed by atoms with Gasteiger partial charge in [-0.05, 0) is 55.2 Å². The molecule has 1 amide bonds. The fourth-order valence-corrected chi connectivity index (χ4v) is 4.75. The number of carbonyl (C=O) groups excluding carboxylic acids is 1. The molecular weight excluding hydrogens is 386 g/mol. The van der Waals surface area contributed by atoms with Crippen molar-refractivity contribution in [1.82, 2.24) is 9.62 Å². The Bertz CT molecular complexity index is 925. The van der Waals surface area contributed by atoms with Gasteiger partial charge in [0, 0.05) is 25.6 Å². The average molecular weight is 408 g/mol. The summed E-state index contributed by atoms with van der Waals surface area (Å²) in [5, 5.41) is 2.80. The molecule has 1 saturated heterocycles. The number of nitrogens with zero attached hydrogens (tertiary/aromatic N) is 1. The molecule has 0 spiro atoms. The third-order valence-corrected chi connectivity index (χ3v) is 6.84. The normalized spacial score (nSPS) is 16.1. The minimum absolute atomic E-state index is 0.0432. The largest absolute Gasteiger partial charge is 0.356 e. The van der Waals surface area contributed by atoms with Crippen LogP contribution in [0.15, 0.2) is 53.4 Å². The highest BCUT2D eigenvalue weighted by molar-refractivity contribution is 7.89. The molecule has 8 heteroatoms. The van der Waals surface area contributed by atoms with E-state index >= 15 is 0 Å². The van der Waals surface area contributed by atoms with Crippen molar-refractivity contribution in [2.24, 2.45) is 5.92 Å². The lowest BCUT2D eigenvalue weighted by atomic mass is 9.97. The van der Waals surface area contributed by atoms with E-state index in [1.807, 2.05) is 0 Å². The fourth-order valence-electron chi connectivity index (χ4n) is 3.28. The first-order valence-electron chi connectivity index (χ1n) is 9.15. The van der Waals surface area contributed by atoms with Crippen LogP contribution in [0.1, 0.15) is 18.4 Å². The molecule has 2 aromatic rings. The van der Waals surface area contributed by atoms with Crippen LogP contribution in [0, 0.1) is 17.6 Å². The predicted molar refractivity (Wildman–Crippen MR) is 101 cm³/mol. The lowest BCUT2D eigenvalue weighted by Gasteiger charge is -2.30. The van der Waals surface area contributed by atoms with Crippen molar-refractivity contribution >= 4 is 15.9 Å². The lowest BCUT2D eigenvalue weighted by molar-refractivity contribution is -0.126. The van der Waals surface area contributed by atoms with Gasteiger partial charge in [0.15, 0.2) is 0 Å². The van der Waals surface area contributed by atoms with Gasteiger partial charge >= 0.3 is 0 Å². The number of hydrogen-bond acceptors (Lipinski definition) is 3. The van der Waals surface area contributed by atoms with Gasteiger partial charge in [-0.15, -0.1) is 0 Å². The summed E-state index contributed by atoms with van der Waals surface area (Å²) in [6, 6.07) is 11.1. The summed E-state index contributed by atoms with van der Waals surface area (Å²) in [7, 11) is -3.69. The Hall–Kier alpha value is -2.32. The molecule has 150 valence electrons. The Kier molecular flexibility index (Phi) is 6.41. The molecule has 28 heavy (non-hydrogen) atoms. The molecule has 1 fully saturated rings. The average Bonchev–Trinajstić information content (AvgIpc) is 2.70. The molecule has 1 N–H and O–H groups in total. The van der Waals surface area contributed by atoms with Gasteiger partial charge in [-0.25, -0.2) is 17.2 Å². The van der Waals surface area contributed by atoms with Crippen molar-refractivity contribution in [3.8, 4) is 0 Å². The number of halogens is 2. The Morgan fingerprint density at radius 3 is 2.32 bits per heavy atom. The lowest BCUT2D eigenvalue weighted by Crippen LogP contribution is -2.43. The molecule has 0 aliphatic carbocycles. The van der Waals surface area contributed by atoms with Crippen molar-refractivity contribution < 1.29 is 22.0 Å². The van der Waals surface area contributed by atoms with Crippen LogP contribution in [0.3, 0.4) is 0 Å². The van der Waals surface area contributed by atoms with Crippen LogP contribution < -0.4 is 5.32 Å². The Morgan fingerprint density at radius 1 is 1.04 bits per heavy atom. The second kappa shape index (κ2) is 8.79. The maximum atomic E-state index is 13.6. The van der Waals surface area contributed by atoms with Crippen molar-refractivity contribution in [3.05, 3.63) is 65.7 Å². The molecule has 0 radical (unpaired) electrons. The Labute approximate surface area is 163 Å². The molecule has 0 aromatic heterocycles. The van der Waals surface area contributed by atoms with Crippen LogP contribution in [0.25, 0.3) is 0 Å². The van der Waals surface area contributed by atoms with Crippen molar-refractivity contribution in [2.75, 3.05) is 19.6 Å². The first-order chi connectivity index (χ1) is 13.4. The molecule has 0 atom stereocenters. The minimum Gasteiger partial charge on any atom is -0.356 e. The van der Waals surface area contributed by atoms with E-state index in [-0.39, 0.29) is 35.6 Å². The van der Waals surface area contributed by atoms with E-state index < -0.39 is 15.8 Å². The van der Waals surface area contributed by atoms with Gasteiger partial charge in [0.2, 0.25) is 15.9 Å². The van der Waals surface area contributed by atoms with Gasteiger partial charge in [0.05, 0.1) is 4.90 Å². The standard InChI is InChI=1S/C20H22F2N2O3S/c21-17-5-7-18(8-6-17)28(26,27)24-13-10-16(11-14-24)20(25)23-12-9-15-3-1-2-4-19(15)22/h1-8,16H,9-14H2,(H,23,25). The van der Waals surface area contributed by atoms with E-state index in [4.69, 9.17) is 0 Å². The van der Waals surface area contributed by atoms with E-state index in [0.717, 1.165) is 12.1 Å². The molecule has 0 unspecified atom stereocenters. The second-order valence-electron chi connectivity index (χ2n) is 6.76. The minimum atomic E-state index is -3.69. The van der Waals surface area contributed by atoms with E-state index in [1.54, 1.807) is 18.2 Å². The van der Waals surface area contributed by atoms with Crippen LogP contribution in [0.2, 0.25) is 0 Å². The van der Waals surface area contributed by atoms with Gasteiger partial charge in [-0.2, -0.15) is 4.31 Å². The van der Waals surface area contributed by atoms with E-state index in [0.29, 0.717) is 31.4 Å². The van der Waals surface area contributed by atoms with Crippen LogP contribution in [0.4, 0.5) is 8.78 Å². The number of hydrogen-bond donors (Lipinski definition) is 1. The molecule has 0 saturated carbocycles. The molecule has 0 bridgehead atoms. The van der Waals surface area contributed by atoms with Gasteiger partial charge in [-0.1, -0.05) is 18.2 Å². The topological polar surface area (TPSA) is 66.5 Å². The highest BCUT2D eigenvalue weighted by Crippen LogP contribution is 2.24. The van der Waals surface area contributed by atoms with E-state index in [9.17, 15) is 22.0 Å². The SMILES string of the molecule is O=C(NCCc1ccccc1F)C1CCN(S(=O)(=O)c2ccc(F)cc2)CC1. The summed E-state index contributed by atoms with van der Waals surface area (Å²) in [4.78, 5) is 12.4. The Balaban J connectivity index is 1.50. The zero-order valence-corrected chi connectivity index (χ0v) is 16.1. The smallest absolute Gasteiger partial charge is 0.243 e. The van der Waals surface area contributed by atoms with Gasteiger partial charge in [-0.3, -0.25) is 4.79 Å². The highest BCUT2D eigenvalue weighted by atomic mass is 32.2. The Morgan fingerprint density at radius 2 is 1.68 bits per heavy atom. The third kappa shape index (κ3) is 4.74. The maximum Gasteiger partial charge on any atom is 0.243 e. The van der Waals surface area contributed by atoms with E-state index in [2.05, 4.69) is 5.32 Å². The van der Waals surface area contributed by atoms with Crippen LogP contribution in [0.5, 0.6) is 0 Å². The zero-order valence-electron chi connectivity index (χ0n) is 15.3. The predicted octanol–water partition coefficient (Wildman–Crippen LogP) is 2.72. The molecule has 1 heterocycles. The molecular formula is C20H22F2N2O3S. The van der Waals surface area contributed by atoms with Crippen molar-refractivity contribution in [3.63, 3.8) is 0 Å². The highest BCUT2D eigenvalue weighted by Gasteiger charge is 2.31. The third-order valence-electron chi connectivity index (χ3n) is 4.93. The zero-order chi connectivity index (χ0) is 20.1. The van der Waals surface area contributed by atoms with Gasteiger partial charge < -0.3 is 5.32 Å². The fraction of sp³-hybridized carbons (Fsp3) is 0.350. The second-order valence-corrected chi connectivity index (χ2v) is 8.70. The van der Waals surface area contributed by atoms with Crippen molar-refractivity contribution in [1.29, 1.82) is 0 Å². The number of piperidine rings is 1. The number of nitrogens with one attached hydrogen (secondary N) is 1.